The highest BCUT2D eigenvalue weighted by molar-refractivity contribution is 6.31. The minimum atomic E-state index is -1.14. The van der Waals surface area contributed by atoms with E-state index in [0.717, 1.165) is 4.57 Å². The topological polar surface area (TPSA) is 92.3 Å². The Labute approximate surface area is 189 Å². The Morgan fingerprint density at radius 2 is 1.91 bits per heavy atom. The molecule has 1 aromatic heterocycles. The van der Waals surface area contributed by atoms with E-state index < -0.39 is 29.1 Å². The fourth-order valence-electron chi connectivity index (χ4n) is 3.37. The molecule has 1 N–H and O–H groups in total. The summed E-state index contributed by atoms with van der Waals surface area (Å²) in [5, 5.41) is 20.8. The van der Waals surface area contributed by atoms with Crippen LogP contribution in [0.1, 0.15) is 40.4 Å². The number of aromatic nitrogens is 1. The number of Topliss-reactive ketones (excluding diaryl/α,β-unsaturated/α-hetero) is 1. The van der Waals surface area contributed by atoms with Gasteiger partial charge in [-0.15, -0.1) is 0 Å². The van der Waals surface area contributed by atoms with E-state index in [0.29, 0.717) is 10.6 Å². The van der Waals surface area contributed by atoms with Crippen molar-refractivity contribution in [2.45, 2.75) is 32.9 Å². The van der Waals surface area contributed by atoms with Crippen molar-refractivity contribution in [3.63, 3.8) is 0 Å². The first-order valence-electron chi connectivity index (χ1n) is 9.85. The summed E-state index contributed by atoms with van der Waals surface area (Å²) in [7, 11) is 0. The van der Waals surface area contributed by atoms with Gasteiger partial charge >= 0.3 is 0 Å². The number of carbonyl (C=O) groups excluding carboxylic acids is 1. The maximum atomic E-state index is 14.0. The van der Waals surface area contributed by atoms with E-state index >= 15 is 0 Å². The molecule has 8 heteroatoms. The first-order chi connectivity index (χ1) is 15.3. The minimum absolute atomic E-state index is 0.0333. The molecule has 0 spiro atoms. The van der Waals surface area contributed by atoms with Gasteiger partial charge in [0.25, 0.3) is 5.56 Å². The van der Waals surface area contributed by atoms with Crippen LogP contribution >= 0.6 is 11.6 Å². The summed E-state index contributed by atoms with van der Waals surface area (Å²) in [6.07, 6.45) is -0.980. The Morgan fingerprint density at radius 3 is 2.53 bits per heavy atom. The predicted molar refractivity (Wildman–Crippen MR) is 118 cm³/mol. The highest BCUT2D eigenvalue weighted by atomic mass is 35.5. The molecule has 0 aliphatic rings. The van der Waals surface area contributed by atoms with Gasteiger partial charge < -0.3 is 9.84 Å². The van der Waals surface area contributed by atoms with Crippen LogP contribution in [0.5, 0.6) is 11.6 Å². The SMILES string of the molecule is CCC(Oc1ccccc1F)C(=O)c1c(C)c(C#N)c(=O)n(Cc2ccccc2Cl)c1O. The second-order valence-corrected chi connectivity index (χ2v) is 7.51. The molecule has 2 aromatic carbocycles. The summed E-state index contributed by atoms with van der Waals surface area (Å²) in [5.41, 5.74) is -0.698. The molecule has 0 saturated heterocycles. The van der Waals surface area contributed by atoms with Crippen molar-refractivity contribution in [1.82, 2.24) is 4.57 Å². The Hall–Kier alpha value is -3.63. The van der Waals surface area contributed by atoms with Crippen molar-refractivity contribution >= 4 is 17.4 Å². The van der Waals surface area contributed by atoms with Crippen LogP contribution < -0.4 is 10.3 Å². The van der Waals surface area contributed by atoms with Gasteiger partial charge in [-0.25, -0.2) is 4.39 Å². The fraction of sp³-hybridized carbons (Fsp3) is 0.208. The third kappa shape index (κ3) is 4.36. The lowest BCUT2D eigenvalue weighted by Gasteiger charge is -2.21. The van der Waals surface area contributed by atoms with E-state index in [1.165, 1.54) is 25.1 Å². The standard InChI is InChI=1S/C24H20ClFN2O4/c1-3-19(32-20-11-7-6-10-18(20)26)22(29)21-14(2)16(12-27)23(30)28(24(21)31)13-15-8-4-5-9-17(15)25/h4-11,19,31H,3,13H2,1-2H3. The number of pyridine rings is 1. The Kier molecular flexibility index (Phi) is 6.96. The molecule has 0 amide bonds. The largest absolute Gasteiger partial charge is 0.494 e. The average molecular weight is 455 g/mol. The molecule has 3 rings (SSSR count). The van der Waals surface area contributed by atoms with Crippen molar-refractivity contribution < 1.29 is 19.0 Å². The van der Waals surface area contributed by atoms with Gasteiger partial charge in [-0.05, 0) is 42.7 Å². The fourth-order valence-corrected chi connectivity index (χ4v) is 3.56. The van der Waals surface area contributed by atoms with E-state index in [9.17, 15) is 24.3 Å². The molecule has 0 aliphatic carbocycles. The Morgan fingerprint density at radius 1 is 1.25 bits per heavy atom. The Bertz CT molecular complexity index is 1280. The molecule has 0 aliphatic heterocycles. The van der Waals surface area contributed by atoms with Crippen molar-refractivity contribution in [3.05, 3.63) is 92.0 Å². The number of hydrogen-bond donors (Lipinski definition) is 1. The van der Waals surface area contributed by atoms with Gasteiger partial charge in [0, 0.05) is 5.02 Å². The van der Waals surface area contributed by atoms with Crippen molar-refractivity contribution in [3.8, 4) is 17.7 Å². The first kappa shape index (κ1) is 23.0. The summed E-state index contributed by atoms with van der Waals surface area (Å²) in [6, 6.07) is 14.2. The van der Waals surface area contributed by atoms with Gasteiger partial charge in [0.15, 0.2) is 17.7 Å². The number of nitrogens with zero attached hydrogens (tertiary/aromatic N) is 2. The summed E-state index contributed by atoms with van der Waals surface area (Å²) >= 11 is 6.18. The average Bonchev–Trinajstić information content (AvgIpc) is 2.77. The smallest absolute Gasteiger partial charge is 0.271 e. The number of benzene rings is 2. The number of nitriles is 1. The van der Waals surface area contributed by atoms with Gasteiger partial charge in [0.1, 0.15) is 11.6 Å². The minimum Gasteiger partial charge on any atom is -0.494 e. The molecular weight excluding hydrogens is 435 g/mol. The lowest BCUT2D eigenvalue weighted by molar-refractivity contribution is 0.0774. The second-order valence-electron chi connectivity index (χ2n) is 7.10. The lowest BCUT2D eigenvalue weighted by atomic mass is 9.97. The number of aromatic hydroxyl groups is 1. The highest BCUT2D eigenvalue weighted by Gasteiger charge is 2.30. The van der Waals surface area contributed by atoms with Crippen molar-refractivity contribution in [2.24, 2.45) is 0 Å². The van der Waals surface area contributed by atoms with Crippen LogP contribution in [0, 0.1) is 24.1 Å². The molecule has 1 heterocycles. The van der Waals surface area contributed by atoms with E-state index in [1.54, 1.807) is 37.3 Å². The van der Waals surface area contributed by atoms with Crippen molar-refractivity contribution in [2.75, 3.05) is 0 Å². The van der Waals surface area contributed by atoms with Crippen LogP contribution in [0.3, 0.4) is 0 Å². The van der Waals surface area contributed by atoms with Gasteiger partial charge in [-0.2, -0.15) is 5.26 Å². The van der Waals surface area contributed by atoms with Crippen LogP contribution in [0.2, 0.25) is 5.02 Å². The highest BCUT2D eigenvalue weighted by Crippen LogP contribution is 2.28. The van der Waals surface area contributed by atoms with Gasteiger partial charge in [-0.1, -0.05) is 48.9 Å². The number of hydrogen-bond acceptors (Lipinski definition) is 5. The molecule has 32 heavy (non-hydrogen) atoms. The third-order valence-electron chi connectivity index (χ3n) is 5.10. The zero-order chi connectivity index (χ0) is 23.4. The maximum absolute atomic E-state index is 14.0. The molecule has 0 fully saturated rings. The molecule has 0 saturated carbocycles. The van der Waals surface area contributed by atoms with E-state index in [2.05, 4.69) is 0 Å². The van der Waals surface area contributed by atoms with Gasteiger partial charge in [0.05, 0.1) is 12.1 Å². The maximum Gasteiger partial charge on any atom is 0.271 e. The van der Waals surface area contributed by atoms with Crippen LogP contribution in [0.4, 0.5) is 4.39 Å². The lowest BCUT2D eigenvalue weighted by Crippen LogP contribution is -2.32. The number of para-hydroxylation sites is 1. The molecule has 3 aromatic rings. The summed E-state index contributed by atoms with van der Waals surface area (Å²) < 4.78 is 20.5. The molecule has 164 valence electrons. The number of rotatable bonds is 7. The molecule has 1 unspecified atom stereocenters. The number of carbonyl (C=O) groups is 1. The quantitative estimate of drug-likeness (QED) is 0.526. The molecule has 0 radical (unpaired) electrons. The molecule has 0 bridgehead atoms. The monoisotopic (exact) mass is 454 g/mol. The third-order valence-corrected chi connectivity index (χ3v) is 5.47. The van der Waals surface area contributed by atoms with Crippen LogP contribution in [0.15, 0.2) is 53.3 Å². The number of halogens is 2. The zero-order valence-electron chi connectivity index (χ0n) is 17.4. The van der Waals surface area contributed by atoms with E-state index in [-0.39, 0.29) is 35.4 Å². The molecular formula is C24H20ClFN2O4. The number of ketones is 1. The Balaban J connectivity index is 2.11. The summed E-state index contributed by atoms with van der Waals surface area (Å²) in [6.45, 7) is 2.92. The second kappa shape index (κ2) is 9.67. The number of ether oxygens (including phenoxy) is 1. The summed E-state index contributed by atoms with van der Waals surface area (Å²) in [4.78, 5) is 26.2. The summed E-state index contributed by atoms with van der Waals surface area (Å²) in [5.74, 6) is -2.03. The molecule has 1 atom stereocenters. The van der Waals surface area contributed by atoms with Crippen LogP contribution in [0.25, 0.3) is 0 Å². The van der Waals surface area contributed by atoms with Gasteiger partial charge in [0.2, 0.25) is 11.7 Å². The zero-order valence-corrected chi connectivity index (χ0v) is 18.2. The van der Waals surface area contributed by atoms with Crippen LogP contribution in [-0.4, -0.2) is 21.6 Å². The molecule has 6 nitrogen and oxygen atoms in total. The van der Waals surface area contributed by atoms with Crippen molar-refractivity contribution in [1.29, 1.82) is 5.26 Å². The van der Waals surface area contributed by atoms with E-state index in [1.807, 2.05) is 6.07 Å². The van der Waals surface area contributed by atoms with Crippen LogP contribution in [-0.2, 0) is 6.54 Å². The normalized spacial score (nSPS) is 11.6. The first-order valence-corrected chi connectivity index (χ1v) is 10.2. The van der Waals surface area contributed by atoms with Gasteiger partial charge in [-0.3, -0.25) is 14.2 Å². The van der Waals surface area contributed by atoms with E-state index in [4.69, 9.17) is 16.3 Å². The predicted octanol–water partition coefficient (Wildman–Crippen LogP) is 4.62.